The van der Waals surface area contributed by atoms with E-state index >= 15 is 0 Å². The molecule has 0 atom stereocenters. The minimum atomic E-state index is -1.04. The van der Waals surface area contributed by atoms with Crippen molar-refractivity contribution in [1.29, 1.82) is 0 Å². The minimum Gasteiger partial charge on any atom is -0.505 e. The Bertz CT molecular complexity index is 902. The number of carboxylic acids is 1. The van der Waals surface area contributed by atoms with Crippen LogP contribution in [0, 0.1) is 6.92 Å². The van der Waals surface area contributed by atoms with Crippen molar-refractivity contribution in [2.75, 3.05) is 6.61 Å². The second kappa shape index (κ2) is 5.69. The lowest BCUT2D eigenvalue weighted by Gasteiger charge is -2.09. The van der Waals surface area contributed by atoms with Crippen molar-refractivity contribution in [3.63, 3.8) is 0 Å². The van der Waals surface area contributed by atoms with Gasteiger partial charge in [-0.1, -0.05) is 6.07 Å². The van der Waals surface area contributed by atoms with Gasteiger partial charge in [-0.2, -0.15) is 0 Å². The molecule has 3 N–H and O–H groups in total. The van der Waals surface area contributed by atoms with E-state index in [1.165, 1.54) is 16.9 Å². The first kappa shape index (κ1) is 15.0. The summed E-state index contributed by atoms with van der Waals surface area (Å²) in [5.41, 5.74) is 2.97. The van der Waals surface area contributed by atoms with E-state index < -0.39 is 5.97 Å². The number of aromatic hydroxyl groups is 1. The van der Waals surface area contributed by atoms with E-state index in [-0.39, 0.29) is 17.9 Å². The zero-order chi connectivity index (χ0) is 16.6. The smallest absolute Gasteiger partial charge is 0.335 e. The number of carbonyl (C=O) groups is 1. The lowest BCUT2D eigenvalue weighted by atomic mass is 10.1. The van der Waals surface area contributed by atoms with Gasteiger partial charge in [0.15, 0.2) is 0 Å². The van der Waals surface area contributed by atoms with Gasteiger partial charge in [0.25, 0.3) is 0 Å². The molecule has 118 valence electrons. The maximum absolute atomic E-state index is 11.0. The van der Waals surface area contributed by atoms with Crippen LogP contribution in [0.1, 0.15) is 21.5 Å². The third-order valence-electron chi connectivity index (χ3n) is 3.58. The van der Waals surface area contributed by atoms with Crippen molar-refractivity contribution in [2.24, 2.45) is 0 Å². The number of fused-ring (bicyclic) bond motifs is 1. The van der Waals surface area contributed by atoms with Gasteiger partial charge < -0.3 is 15.3 Å². The molecule has 0 radical (unpaired) electrons. The largest absolute Gasteiger partial charge is 0.505 e. The number of rotatable bonds is 4. The van der Waals surface area contributed by atoms with E-state index in [4.69, 9.17) is 10.2 Å². The fourth-order valence-electron chi connectivity index (χ4n) is 2.42. The molecule has 3 aromatic rings. The van der Waals surface area contributed by atoms with Crippen LogP contribution in [0.25, 0.3) is 16.7 Å². The van der Waals surface area contributed by atoms with E-state index in [0.717, 1.165) is 5.56 Å². The third-order valence-corrected chi connectivity index (χ3v) is 3.58. The van der Waals surface area contributed by atoms with Crippen molar-refractivity contribution in [2.45, 2.75) is 13.3 Å². The lowest BCUT2D eigenvalue weighted by molar-refractivity contribution is 0.0697. The summed E-state index contributed by atoms with van der Waals surface area (Å²) in [6.07, 6.45) is 0.456. The normalized spacial score (nSPS) is 11.0. The first-order valence-corrected chi connectivity index (χ1v) is 7.03. The van der Waals surface area contributed by atoms with Gasteiger partial charge in [0.05, 0.1) is 5.56 Å². The number of hydrogen-bond donors (Lipinski definition) is 3. The van der Waals surface area contributed by atoms with Crippen LogP contribution in [0.4, 0.5) is 0 Å². The van der Waals surface area contributed by atoms with Gasteiger partial charge in [-0.05, 0) is 48.7 Å². The number of aryl methyl sites for hydroxylation is 1. The number of hydrogen-bond acceptors (Lipinski definition) is 5. The molecule has 0 saturated heterocycles. The quantitative estimate of drug-likeness (QED) is 0.676. The number of benzene rings is 2. The molecule has 0 aliphatic heterocycles. The maximum atomic E-state index is 11.0. The van der Waals surface area contributed by atoms with Gasteiger partial charge >= 0.3 is 5.97 Å². The average molecular weight is 313 g/mol. The summed E-state index contributed by atoms with van der Waals surface area (Å²) in [7, 11) is 0. The molecule has 1 aromatic heterocycles. The summed E-state index contributed by atoms with van der Waals surface area (Å²) in [6, 6.07) is 7.96. The molecule has 1 heterocycles. The van der Waals surface area contributed by atoms with Gasteiger partial charge in [0, 0.05) is 6.61 Å². The predicted octanol–water partition coefficient (Wildman–Crippen LogP) is 1.67. The van der Waals surface area contributed by atoms with Gasteiger partial charge in [0.2, 0.25) is 0 Å². The Kier molecular flexibility index (Phi) is 3.71. The molecule has 0 unspecified atom stereocenters. The standard InChI is InChI=1S/C16H15N3O4/c1-9-6-10(4-5-20)7-14(15(9)21)19-17-12-3-2-11(16(22)23)8-13(12)18-19/h2-3,6-8,20-21H,4-5H2,1H3,(H,22,23). The Labute approximate surface area is 131 Å². The Balaban J connectivity index is 2.14. The van der Waals surface area contributed by atoms with E-state index in [0.29, 0.717) is 28.7 Å². The molecule has 0 saturated carbocycles. The Morgan fingerprint density at radius 2 is 1.91 bits per heavy atom. The summed E-state index contributed by atoms with van der Waals surface area (Å²) in [5, 5.41) is 36.9. The number of nitrogens with zero attached hydrogens (tertiary/aromatic N) is 3. The zero-order valence-electron chi connectivity index (χ0n) is 12.4. The van der Waals surface area contributed by atoms with Crippen molar-refractivity contribution < 1.29 is 20.1 Å². The van der Waals surface area contributed by atoms with Gasteiger partial charge in [0.1, 0.15) is 22.5 Å². The minimum absolute atomic E-state index is 0.000137. The molecule has 23 heavy (non-hydrogen) atoms. The topological polar surface area (TPSA) is 108 Å². The highest BCUT2D eigenvalue weighted by atomic mass is 16.4. The first-order valence-electron chi connectivity index (χ1n) is 7.03. The van der Waals surface area contributed by atoms with E-state index in [2.05, 4.69) is 10.2 Å². The van der Waals surface area contributed by atoms with E-state index in [1.54, 1.807) is 25.1 Å². The third kappa shape index (κ3) is 2.74. The molecule has 0 fully saturated rings. The number of aliphatic hydroxyl groups excluding tert-OH is 1. The molecule has 3 rings (SSSR count). The van der Waals surface area contributed by atoms with Crippen LogP contribution in [0.5, 0.6) is 5.75 Å². The monoisotopic (exact) mass is 313 g/mol. The summed E-state index contributed by atoms with van der Waals surface area (Å²) >= 11 is 0. The van der Waals surface area contributed by atoms with Crippen molar-refractivity contribution in [3.05, 3.63) is 47.0 Å². The average Bonchev–Trinajstić information content (AvgIpc) is 2.93. The zero-order valence-corrected chi connectivity index (χ0v) is 12.4. The SMILES string of the molecule is Cc1cc(CCO)cc(-n2nc3ccc(C(=O)O)cc3n2)c1O. The summed E-state index contributed by atoms with van der Waals surface area (Å²) in [6.45, 7) is 1.76. The van der Waals surface area contributed by atoms with Crippen molar-refractivity contribution in [1.82, 2.24) is 15.0 Å². The molecule has 2 aromatic carbocycles. The van der Waals surface area contributed by atoms with Crippen molar-refractivity contribution in [3.8, 4) is 11.4 Å². The van der Waals surface area contributed by atoms with Crippen molar-refractivity contribution >= 4 is 17.0 Å². The molecule has 7 heteroatoms. The predicted molar refractivity (Wildman–Crippen MR) is 83.0 cm³/mol. The van der Waals surface area contributed by atoms with Crippen LogP contribution in [0.2, 0.25) is 0 Å². The maximum Gasteiger partial charge on any atom is 0.335 e. The van der Waals surface area contributed by atoms with E-state index in [9.17, 15) is 9.90 Å². The van der Waals surface area contributed by atoms with Crippen LogP contribution in [-0.4, -0.2) is 42.9 Å². The molecular formula is C16H15N3O4. The molecule has 0 amide bonds. The van der Waals surface area contributed by atoms with Crippen LogP contribution in [-0.2, 0) is 6.42 Å². The van der Waals surface area contributed by atoms with Crippen LogP contribution >= 0.6 is 0 Å². The molecule has 0 aliphatic carbocycles. The van der Waals surface area contributed by atoms with Crippen LogP contribution < -0.4 is 0 Å². The number of phenols is 1. The van der Waals surface area contributed by atoms with Gasteiger partial charge in [-0.25, -0.2) is 4.79 Å². The fraction of sp³-hybridized carbons (Fsp3) is 0.188. The highest BCUT2D eigenvalue weighted by molar-refractivity contribution is 5.92. The summed E-state index contributed by atoms with van der Waals surface area (Å²) in [4.78, 5) is 12.3. The molecule has 0 bridgehead atoms. The highest BCUT2D eigenvalue weighted by Gasteiger charge is 2.14. The van der Waals surface area contributed by atoms with Gasteiger partial charge in [-0.3, -0.25) is 0 Å². The molecule has 0 spiro atoms. The Morgan fingerprint density at radius 3 is 2.61 bits per heavy atom. The summed E-state index contributed by atoms with van der Waals surface area (Å²) in [5.74, 6) is -0.990. The Hall–Kier alpha value is -2.93. The van der Waals surface area contributed by atoms with Crippen LogP contribution in [0.3, 0.4) is 0 Å². The van der Waals surface area contributed by atoms with Gasteiger partial charge in [-0.15, -0.1) is 15.0 Å². The molecule has 7 nitrogen and oxygen atoms in total. The number of phenolic OH excluding ortho intramolecular Hbond substituents is 1. The number of aromatic nitrogens is 3. The second-order valence-corrected chi connectivity index (χ2v) is 5.25. The molecule has 0 aliphatic rings. The first-order chi connectivity index (χ1) is 11.0. The lowest BCUT2D eigenvalue weighted by Crippen LogP contribution is -2.02. The fourth-order valence-corrected chi connectivity index (χ4v) is 2.42. The number of aliphatic hydroxyl groups is 1. The highest BCUT2D eigenvalue weighted by Crippen LogP contribution is 2.27. The summed E-state index contributed by atoms with van der Waals surface area (Å²) < 4.78 is 0. The Morgan fingerprint density at radius 1 is 1.17 bits per heavy atom. The van der Waals surface area contributed by atoms with Crippen LogP contribution in [0.15, 0.2) is 30.3 Å². The number of aromatic carboxylic acids is 1. The molecular weight excluding hydrogens is 298 g/mol. The van der Waals surface area contributed by atoms with E-state index in [1.807, 2.05) is 0 Å². The number of carboxylic acid groups (broad SMARTS) is 1. The second-order valence-electron chi connectivity index (χ2n) is 5.25.